The highest BCUT2D eigenvalue weighted by atomic mass is 79.9. The first kappa shape index (κ1) is 20.7. The summed E-state index contributed by atoms with van der Waals surface area (Å²) in [5.74, 6) is 0.0665. The van der Waals surface area contributed by atoms with Gasteiger partial charge in [0.1, 0.15) is 5.75 Å². The molecule has 0 amide bonds. The second kappa shape index (κ2) is 7.76. The zero-order valence-electron chi connectivity index (χ0n) is 14.2. The maximum Gasteiger partial charge on any atom is 0.422 e. The average molecular weight is 520 g/mol. The lowest BCUT2D eigenvalue weighted by Gasteiger charge is -2.29. The van der Waals surface area contributed by atoms with E-state index in [1.54, 1.807) is 30.3 Å². The molecule has 0 spiro atoms. The summed E-state index contributed by atoms with van der Waals surface area (Å²) in [5, 5.41) is 2.85. The molecule has 0 radical (unpaired) electrons. The standard InChI is InChI=1S/C18H15Br2F3N4O/c19-11-3-1-10(2-4-11)17(25)8-14(26-16(24)27-17)13-7-12(20)5-6-15(13)28-9-18(21,22)23/h1-8H,9,25H2,(H3,24,26,27). The predicted octanol–water partition coefficient (Wildman–Crippen LogP) is 4.22. The van der Waals surface area contributed by atoms with E-state index in [4.69, 9.17) is 16.2 Å². The van der Waals surface area contributed by atoms with Gasteiger partial charge in [0.25, 0.3) is 0 Å². The molecule has 2 aromatic carbocycles. The van der Waals surface area contributed by atoms with Gasteiger partial charge in [0, 0.05) is 14.5 Å². The van der Waals surface area contributed by atoms with Crippen LogP contribution in [0.2, 0.25) is 0 Å². The maximum absolute atomic E-state index is 12.6. The monoisotopic (exact) mass is 518 g/mol. The molecular weight excluding hydrogens is 505 g/mol. The van der Waals surface area contributed by atoms with Gasteiger partial charge in [-0.3, -0.25) is 5.73 Å². The molecule has 1 aliphatic heterocycles. The van der Waals surface area contributed by atoms with Crippen molar-refractivity contribution in [3.8, 4) is 5.75 Å². The third kappa shape index (κ3) is 4.86. The zero-order valence-corrected chi connectivity index (χ0v) is 17.4. The highest BCUT2D eigenvalue weighted by Gasteiger charge is 2.32. The van der Waals surface area contributed by atoms with Gasteiger partial charge in [0.2, 0.25) is 0 Å². The molecule has 0 fully saturated rings. The first-order valence-electron chi connectivity index (χ1n) is 7.95. The minimum Gasteiger partial charge on any atom is -0.483 e. The molecule has 1 heterocycles. The van der Waals surface area contributed by atoms with Crippen molar-refractivity contribution in [1.82, 2.24) is 5.32 Å². The summed E-state index contributed by atoms with van der Waals surface area (Å²) in [7, 11) is 0. The third-order valence-corrected chi connectivity index (χ3v) is 4.88. The van der Waals surface area contributed by atoms with E-state index in [-0.39, 0.29) is 11.7 Å². The van der Waals surface area contributed by atoms with Crippen LogP contribution in [0.5, 0.6) is 5.75 Å². The number of hydrogen-bond acceptors (Lipinski definition) is 5. The van der Waals surface area contributed by atoms with Crippen molar-refractivity contribution in [3.63, 3.8) is 0 Å². The number of nitrogens with one attached hydrogen (secondary N) is 1. The van der Waals surface area contributed by atoms with Crippen LogP contribution >= 0.6 is 31.9 Å². The minimum absolute atomic E-state index is 0.0321. The molecular formula is C18H15Br2F3N4O. The number of guanidine groups is 1. The number of alkyl halides is 3. The van der Waals surface area contributed by atoms with Crippen LogP contribution in [-0.4, -0.2) is 18.7 Å². The lowest BCUT2D eigenvalue weighted by Crippen LogP contribution is -2.44. The number of benzene rings is 2. The van der Waals surface area contributed by atoms with Crippen LogP contribution in [0.25, 0.3) is 5.70 Å². The fourth-order valence-corrected chi connectivity index (χ4v) is 3.29. The van der Waals surface area contributed by atoms with Crippen LogP contribution in [-0.2, 0) is 5.66 Å². The molecule has 0 saturated heterocycles. The lowest BCUT2D eigenvalue weighted by molar-refractivity contribution is -0.153. The summed E-state index contributed by atoms with van der Waals surface area (Å²) in [6.07, 6.45) is -2.87. The Kier molecular flexibility index (Phi) is 5.74. The van der Waals surface area contributed by atoms with E-state index >= 15 is 0 Å². The third-order valence-electron chi connectivity index (χ3n) is 3.86. The molecule has 1 aliphatic rings. The molecule has 3 rings (SSSR count). The maximum atomic E-state index is 12.6. The Balaban J connectivity index is 2.04. The Hall–Kier alpha value is -2.04. The van der Waals surface area contributed by atoms with Gasteiger partial charge in [-0.1, -0.05) is 44.0 Å². The summed E-state index contributed by atoms with van der Waals surface area (Å²) in [4.78, 5) is 4.26. The largest absolute Gasteiger partial charge is 0.483 e. The average Bonchev–Trinajstić information content (AvgIpc) is 2.59. The summed E-state index contributed by atoms with van der Waals surface area (Å²) < 4.78 is 44.3. The molecule has 0 aliphatic carbocycles. The first-order valence-corrected chi connectivity index (χ1v) is 9.54. The van der Waals surface area contributed by atoms with E-state index in [1.807, 2.05) is 12.1 Å². The van der Waals surface area contributed by atoms with E-state index < -0.39 is 18.4 Å². The highest BCUT2D eigenvalue weighted by molar-refractivity contribution is 9.10. The topological polar surface area (TPSA) is 85.7 Å². The molecule has 1 unspecified atom stereocenters. The van der Waals surface area contributed by atoms with Gasteiger partial charge < -0.3 is 15.8 Å². The molecule has 10 heteroatoms. The Morgan fingerprint density at radius 3 is 2.36 bits per heavy atom. The lowest BCUT2D eigenvalue weighted by atomic mass is 9.96. The summed E-state index contributed by atoms with van der Waals surface area (Å²) in [6, 6.07) is 11.8. The van der Waals surface area contributed by atoms with Gasteiger partial charge in [0.05, 0.1) is 5.70 Å². The second-order valence-corrected chi connectivity index (χ2v) is 7.89. The van der Waals surface area contributed by atoms with E-state index in [2.05, 4.69) is 42.2 Å². The summed E-state index contributed by atoms with van der Waals surface area (Å²) in [5.41, 5.74) is 12.5. The number of rotatable bonds is 4. The van der Waals surface area contributed by atoms with Crippen LogP contribution in [0.3, 0.4) is 0 Å². The summed E-state index contributed by atoms with van der Waals surface area (Å²) in [6.45, 7) is -1.42. The Labute approximate surface area is 175 Å². The van der Waals surface area contributed by atoms with Crippen molar-refractivity contribution in [2.45, 2.75) is 11.8 Å². The number of nitrogens with zero attached hydrogens (tertiary/aromatic N) is 1. The molecule has 5 nitrogen and oxygen atoms in total. The Morgan fingerprint density at radius 1 is 1.07 bits per heavy atom. The van der Waals surface area contributed by atoms with E-state index in [1.165, 1.54) is 6.07 Å². The molecule has 148 valence electrons. The van der Waals surface area contributed by atoms with Gasteiger partial charge in [-0.05, 0) is 42.0 Å². The SMILES string of the molecule is NC1=NC(N)(c2ccc(Br)cc2)C=C(c2cc(Br)ccc2OCC(F)(F)F)N1. The van der Waals surface area contributed by atoms with Crippen LogP contribution in [0.1, 0.15) is 11.1 Å². The number of nitrogens with two attached hydrogens (primary N) is 2. The van der Waals surface area contributed by atoms with Crippen LogP contribution < -0.4 is 21.5 Å². The fourth-order valence-electron chi connectivity index (χ4n) is 2.66. The molecule has 0 bridgehead atoms. The predicted molar refractivity (Wildman–Crippen MR) is 108 cm³/mol. The van der Waals surface area contributed by atoms with Crippen molar-refractivity contribution in [3.05, 3.63) is 68.6 Å². The Morgan fingerprint density at radius 2 is 1.71 bits per heavy atom. The van der Waals surface area contributed by atoms with E-state index in [0.717, 1.165) is 4.47 Å². The van der Waals surface area contributed by atoms with Crippen LogP contribution in [0.15, 0.2) is 62.5 Å². The van der Waals surface area contributed by atoms with E-state index in [0.29, 0.717) is 21.3 Å². The number of ether oxygens (including phenoxy) is 1. The van der Waals surface area contributed by atoms with Gasteiger partial charge in [-0.15, -0.1) is 0 Å². The fraction of sp³-hybridized carbons (Fsp3) is 0.167. The van der Waals surface area contributed by atoms with Crippen molar-refractivity contribution in [2.75, 3.05) is 6.61 Å². The molecule has 28 heavy (non-hydrogen) atoms. The molecule has 0 saturated carbocycles. The van der Waals surface area contributed by atoms with Crippen molar-refractivity contribution >= 4 is 43.5 Å². The quantitative estimate of drug-likeness (QED) is 0.564. The van der Waals surface area contributed by atoms with E-state index in [9.17, 15) is 13.2 Å². The number of aliphatic imine (C=N–C) groups is 1. The zero-order chi connectivity index (χ0) is 20.5. The highest BCUT2D eigenvalue weighted by Crippen LogP contribution is 2.34. The van der Waals surface area contributed by atoms with Crippen molar-refractivity contribution in [1.29, 1.82) is 0 Å². The summed E-state index contributed by atoms with van der Waals surface area (Å²) >= 11 is 6.67. The van der Waals surface area contributed by atoms with Crippen LogP contribution in [0.4, 0.5) is 13.2 Å². The molecule has 2 aromatic rings. The molecule has 1 atom stereocenters. The Bertz CT molecular complexity index is 945. The van der Waals surface area contributed by atoms with Crippen molar-refractivity contribution in [2.24, 2.45) is 16.5 Å². The van der Waals surface area contributed by atoms with Crippen molar-refractivity contribution < 1.29 is 17.9 Å². The normalized spacial score (nSPS) is 19.5. The molecule has 0 aromatic heterocycles. The number of halogens is 5. The van der Waals surface area contributed by atoms with Gasteiger partial charge >= 0.3 is 6.18 Å². The second-order valence-electron chi connectivity index (χ2n) is 6.06. The van der Waals surface area contributed by atoms with Gasteiger partial charge in [-0.2, -0.15) is 13.2 Å². The van der Waals surface area contributed by atoms with Crippen LogP contribution in [0, 0.1) is 0 Å². The number of hydrogen-bond donors (Lipinski definition) is 3. The minimum atomic E-state index is -4.46. The first-order chi connectivity index (χ1) is 13.1. The smallest absolute Gasteiger partial charge is 0.422 e. The van der Waals surface area contributed by atoms with Gasteiger partial charge in [-0.25, -0.2) is 4.99 Å². The van der Waals surface area contributed by atoms with Gasteiger partial charge in [0.15, 0.2) is 18.2 Å². The molecule has 5 N–H and O–H groups in total.